The molecule has 0 bridgehead atoms. The van der Waals surface area contributed by atoms with Gasteiger partial charge in [-0.25, -0.2) is 9.18 Å². The second-order valence-electron chi connectivity index (χ2n) is 5.61. The predicted molar refractivity (Wildman–Crippen MR) is 92.7 cm³/mol. The first-order valence-corrected chi connectivity index (χ1v) is 7.70. The minimum atomic E-state index is -0.763. The zero-order chi connectivity index (χ0) is 18.4. The summed E-state index contributed by atoms with van der Waals surface area (Å²) in [7, 11) is 0. The van der Waals surface area contributed by atoms with Crippen LogP contribution in [0.2, 0.25) is 0 Å². The summed E-state index contributed by atoms with van der Waals surface area (Å²) in [6.07, 6.45) is 0. The van der Waals surface area contributed by atoms with Crippen molar-refractivity contribution in [1.29, 1.82) is 0 Å². The van der Waals surface area contributed by atoms with Gasteiger partial charge in [-0.2, -0.15) is 0 Å². The standard InChI is InChI=1S/C18H20FN3O3/c1-11-8-15(25-10-13-4-3-5-14(19)9-13)6-7-16(11)22-17(23)12(2)21-18(20)24/h3-9,12H,10H2,1-2H3,(H,22,23)(H3,20,21,24)/t12-/m1/s1. The van der Waals surface area contributed by atoms with E-state index < -0.39 is 12.1 Å². The highest BCUT2D eigenvalue weighted by Crippen LogP contribution is 2.22. The lowest BCUT2D eigenvalue weighted by atomic mass is 10.1. The van der Waals surface area contributed by atoms with E-state index >= 15 is 0 Å². The summed E-state index contributed by atoms with van der Waals surface area (Å²) in [5.74, 6) is -0.0903. The van der Waals surface area contributed by atoms with E-state index in [2.05, 4.69) is 10.6 Å². The second kappa shape index (κ2) is 8.14. The van der Waals surface area contributed by atoms with Crippen molar-refractivity contribution in [2.24, 2.45) is 5.73 Å². The first kappa shape index (κ1) is 18.3. The third kappa shape index (κ3) is 5.49. The molecule has 0 heterocycles. The summed E-state index contributed by atoms with van der Waals surface area (Å²) >= 11 is 0. The average molecular weight is 345 g/mol. The molecule has 2 rings (SSSR count). The van der Waals surface area contributed by atoms with Crippen molar-refractivity contribution in [3.05, 3.63) is 59.4 Å². The lowest BCUT2D eigenvalue weighted by Crippen LogP contribution is -2.44. The molecule has 0 spiro atoms. The Bertz CT molecular complexity index is 780. The van der Waals surface area contributed by atoms with E-state index in [1.54, 1.807) is 30.3 Å². The number of aryl methyl sites for hydroxylation is 1. The fourth-order valence-corrected chi connectivity index (χ4v) is 2.18. The normalized spacial score (nSPS) is 11.5. The van der Waals surface area contributed by atoms with Gasteiger partial charge in [0.1, 0.15) is 24.2 Å². The predicted octanol–water partition coefficient (Wildman–Crippen LogP) is 2.71. The number of nitrogens with two attached hydrogens (primary N) is 1. The van der Waals surface area contributed by atoms with Gasteiger partial charge in [-0.05, 0) is 55.3 Å². The van der Waals surface area contributed by atoms with Gasteiger partial charge in [-0.3, -0.25) is 4.79 Å². The fourth-order valence-electron chi connectivity index (χ4n) is 2.18. The van der Waals surface area contributed by atoms with Gasteiger partial charge in [-0.1, -0.05) is 12.1 Å². The molecule has 2 aromatic rings. The molecule has 2 aromatic carbocycles. The van der Waals surface area contributed by atoms with E-state index in [1.165, 1.54) is 19.1 Å². The van der Waals surface area contributed by atoms with Crippen LogP contribution in [0.15, 0.2) is 42.5 Å². The molecule has 0 aliphatic carbocycles. The zero-order valence-corrected chi connectivity index (χ0v) is 14.0. The van der Waals surface area contributed by atoms with Gasteiger partial charge in [0.05, 0.1) is 0 Å². The summed E-state index contributed by atoms with van der Waals surface area (Å²) in [6, 6.07) is 9.84. The highest BCUT2D eigenvalue weighted by atomic mass is 19.1. The Morgan fingerprint density at radius 3 is 2.64 bits per heavy atom. The summed E-state index contributed by atoms with van der Waals surface area (Å²) in [4.78, 5) is 22.8. The smallest absolute Gasteiger partial charge is 0.312 e. The quantitative estimate of drug-likeness (QED) is 0.751. The Morgan fingerprint density at radius 2 is 2.00 bits per heavy atom. The van der Waals surface area contributed by atoms with E-state index in [9.17, 15) is 14.0 Å². The second-order valence-corrected chi connectivity index (χ2v) is 5.61. The Labute approximate surface area is 145 Å². The van der Waals surface area contributed by atoms with Gasteiger partial charge in [-0.15, -0.1) is 0 Å². The summed E-state index contributed by atoms with van der Waals surface area (Å²) < 4.78 is 18.8. The van der Waals surface area contributed by atoms with Crippen LogP contribution < -0.4 is 21.1 Å². The number of nitrogens with one attached hydrogen (secondary N) is 2. The van der Waals surface area contributed by atoms with Crippen LogP contribution >= 0.6 is 0 Å². The minimum Gasteiger partial charge on any atom is -0.489 e. The molecule has 0 aliphatic heterocycles. The van der Waals surface area contributed by atoms with Crippen molar-refractivity contribution in [2.75, 3.05) is 5.32 Å². The molecule has 0 fully saturated rings. The zero-order valence-electron chi connectivity index (χ0n) is 14.0. The van der Waals surface area contributed by atoms with Crippen LogP contribution in [0.5, 0.6) is 5.75 Å². The number of anilines is 1. The van der Waals surface area contributed by atoms with Crippen molar-refractivity contribution in [2.45, 2.75) is 26.5 Å². The molecule has 7 heteroatoms. The molecule has 0 aromatic heterocycles. The van der Waals surface area contributed by atoms with Crippen LogP contribution in [0.3, 0.4) is 0 Å². The number of carbonyl (C=O) groups is 2. The van der Waals surface area contributed by atoms with Crippen LogP contribution in [-0.4, -0.2) is 18.0 Å². The number of benzene rings is 2. The molecule has 0 radical (unpaired) electrons. The van der Waals surface area contributed by atoms with Crippen molar-refractivity contribution in [3.8, 4) is 5.75 Å². The molecule has 0 saturated heterocycles. The Morgan fingerprint density at radius 1 is 1.24 bits per heavy atom. The van der Waals surface area contributed by atoms with Crippen LogP contribution in [0.25, 0.3) is 0 Å². The molecule has 4 N–H and O–H groups in total. The van der Waals surface area contributed by atoms with Crippen LogP contribution in [0.1, 0.15) is 18.1 Å². The minimum absolute atomic E-state index is 0.239. The number of hydrogen-bond acceptors (Lipinski definition) is 3. The summed E-state index contributed by atoms with van der Waals surface area (Å²) in [6.45, 7) is 3.59. The molecular weight excluding hydrogens is 325 g/mol. The van der Waals surface area contributed by atoms with Crippen molar-refractivity contribution >= 4 is 17.6 Å². The number of amides is 3. The van der Waals surface area contributed by atoms with Gasteiger partial charge < -0.3 is 21.1 Å². The van der Waals surface area contributed by atoms with E-state index in [0.29, 0.717) is 11.4 Å². The maximum Gasteiger partial charge on any atom is 0.312 e. The molecule has 25 heavy (non-hydrogen) atoms. The Balaban J connectivity index is 1.98. The number of carbonyl (C=O) groups excluding carboxylic acids is 2. The van der Waals surface area contributed by atoms with Crippen molar-refractivity contribution in [3.63, 3.8) is 0 Å². The number of urea groups is 1. The lowest BCUT2D eigenvalue weighted by Gasteiger charge is -2.15. The Hall–Kier alpha value is -3.09. The lowest BCUT2D eigenvalue weighted by molar-refractivity contribution is -0.117. The summed E-state index contributed by atoms with van der Waals surface area (Å²) in [5, 5.41) is 5.02. The number of primary amides is 1. The van der Waals surface area contributed by atoms with E-state index in [4.69, 9.17) is 10.5 Å². The topological polar surface area (TPSA) is 93.4 Å². The molecule has 0 unspecified atom stereocenters. The Kier molecular flexibility index (Phi) is 5.94. The van der Waals surface area contributed by atoms with Crippen molar-refractivity contribution in [1.82, 2.24) is 5.32 Å². The van der Waals surface area contributed by atoms with Crippen LogP contribution in [-0.2, 0) is 11.4 Å². The van der Waals surface area contributed by atoms with Crippen molar-refractivity contribution < 1.29 is 18.7 Å². The van der Waals surface area contributed by atoms with E-state index in [0.717, 1.165) is 11.1 Å². The van der Waals surface area contributed by atoms with Gasteiger partial charge in [0, 0.05) is 5.69 Å². The van der Waals surface area contributed by atoms with Gasteiger partial charge >= 0.3 is 6.03 Å². The maximum atomic E-state index is 13.1. The molecule has 3 amide bonds. The molecule has 6 nitrogen and oxygen atoms in total. The highest BCUT2D eigenvalue weighted by Gasteiger charge is 2.15. The molecule has 0 saturated carbocycles. The largest absolute Gasteiger partial charge is 0.489 e. The fraction of sp³-hybridized carbons (Fsp3) is 0.222. The van der Waals surface area contributed by atoms with Gasteiger partial charge in [0.15, 0.2) is 0 Å². The first-order valence-electron chi connectivity index (χ1n) is 7.70. The molecular formula is C18H20FN3O3. The average Bonchev–Trinajstić information content (AvgIpc) is 2.54. The monoisotopic (exact) mass is 345 g/mol. The highest BCUT2D eigenvalue weighted by molar-refractivity contribution is 5.97. The molecule has 132 valence electrons. The maximum absolute atomic E-state index is 13.1. The summed E-state index contributed by atoms with van der Waals surface area (Å²) in [5.41, 5.74) is 7.11. The molecule has 1 atom stereocenters. The first-order chi connectivity index (χ1) is 11.8. The van der Waals surface area contributed by atoms with E-state index in [-0.39, 0.29) is 18.3 Å². The number of halogens is 1. The number of rotatable bonds is 6. The third-order valence-electron chi connectivity index (χ3n) is 3.50. The third-order valence-corrected chi connectivity index (χ3v) is 3.50. The SMILES string of the molecule is Cc1cc(OCc2cccc(F)c2)ccc1NC(=O)[C@@H](C)NC(N)=O. The van der Waals surface area contributed by atoms with Gasteiger partial charge in [0.25, 0.3) is 0 Å². The van der Waals surface area contributed by atoms with E-state index in [1.807, 2.05) is 6.92 Å². The van der Waals surface area contributed by atoms with Crippen LogP contribution in [0, 0.1) is 12.7 Å². The van der Waals surface area contributed by atoms with Gasteiger partial charge in [0.2, 0.25) is 5.91 Å². The number of ether oxygens (including phenoxy) is 1. The number of hydrogen-bond donors (Lipinski definition) is 3. The molecule has 0 aliphatic rings. The van der Waals surface area contributed by atoms with Crippen LogP contribution in [0.4, 0.5) is 14.9 Å².